The van der Waals surface area contributed by atoms with Crippen molar-refractivity contribution in [2.24, 2.45) is 0 Å². The van der Waals surface area contributed by atoms with Crippen LogP contribution in [0, 0.1) is 6.92 Å². The first-order valence-electron chi connectivity index (χ1n) is 5.12. The first-order valence-corrected chi connectivity index (χ1v) is 5.12. The second-order valence-corrected chi connectivity index (χ2v) is 3.67. The van der Waals surface area contributed by atoms with Gasteiger partial charge in [0.1, 0.15) is 0 Å². The Morgan fingerprint density at radius 1 is 1.43 bits per heavy atom. The van der Waals surface area contributed by atoms with E-state index in [0.29, 0.717) is 17.9 Å². The maximum Gasteiger partial charge on any atom is 0.321 e. The molecule has 0 bridgehead atoms. The highest BCUT2D eigenvalue weighted by atomic mass is 16.5. The van der Waals surface area contributed by atoms with E-state index in [0.717, 1.165) is 25.9 Å². The monoisotopic (exact) mass is 196 g/mol. The normalized spacial score (nSPS) is 23.1. The van der Waals surface area contributed by atoms with E-state index in [1.165, 1.54) is 6.42 Å². The molecule has 0 saturated carbocycles. The summed E-state index contributed by atoms with van der Waals surface area (Å²) in [6, 6.07) is 1.01. The fourth-order valence-corrected chi connectivity index (χ4v) is 1.69. The zero-order valence-corrected chi connectivity index (χ0v) is 8.42. The quantitative estimate of drug-likeness (QED) is 0.736. The molecule has 5 nitrogen and oxygen atoms in total. The molecule has 14 heavy (non-hydrogen) atoms. The maximum absolute atomic E-state index is 5.02. The molecule has 1 unspecified atom stereocenters. The van der Waals surface area contributed by atoms with Gasteiger partial charge >= 0.3 is 6.01 Å². The van der Waals surface area contributed by atoms with Crippen molar-refractivity contribution in [2.45, 2.75) is 32.2 Å². The molecule has 0 amide bonds. The van der Waals surface area contributed by atoms with Gasteiger partial charge in [-0.25, -0.2) is 0 Å². The van der Waals surface area contributed by atoms with Gasteiger partial charge < -0.3 is 15.2 Å². The largest absolute Gasteiger partial charge is 0.335 e. The summed E-state index contributed by atoms with van der Waals surface area (Å²) in [6.07, 6.45) is 3.47. The molecule has 0 aromatic carbocycles. The molecular formula is C9H16N4O. The molecular weight excluding hydrogens is 180 g/mol. The molecule has 1 aromatic heterocycles. The number of hydrogen-bond acceptors (Lipinski definition) is 5. The van der Waals surface area contributed by atoms with Gasteiger partial charge in [0.25, 0.3) is 0 Å². The van der Waals surface area contributed by atoms with Gasteiger partial charge in [-0.1, -0.05) is 5.16 Å². The van der Waals surface area contributed by atoms with Crippen LogP contribution in [0.2, 0.25) is 0 Å². The van der Waals surface area contributed by atoms with E-state index in [4.69, 9.17) is 4.52 Å². The van der Waals surface area contributed by atoms with Crippen molar-refractivity contribution in [2.75, 3.05) is 18.4 Å². The Balaban J connectivity index is 1.89. The van der Waals surface area contributed by atoms with Gasteiger partial charge in [0, 0.05) is 6.04 Å². The van der Waals surface area contributed by atoms with Gasteiger partial charge in [-0.05, 0) is 39.3 Å². The molecule has 0 spiro atoms. The van der Waals surface area contributed by atoms with Crippen LogP contribution in [-0.2, 0) is 0 Å². The minimum absolute atomic E-state index is 0.463. The molecule has 1 atom stereocenters. The Labute approximate surface area is 83.3 Å². The second kappa shape index (κ2) is 4.41. The molecule has 1 aliphatic heterocycles. The summed E-state index contributed by atoms with van der Waals surface area (Å²) < 4.78 is 5.02. The Morgan fingerprint density at radius 2 is 2.36 bits per heavy atom. The molecule has 1 saturated heterocycles. The smallest absolute Gasteiger partial charge is 0.321 e. The van der Waals surface area contributed by atoms with E-state index in [9.17, 15) is 0 Å². The highest BCUT2D eigenvalue weighted by Gasteiger charge is 2.13. The number of nitrogens with zero attached hydrogens (tertiary/aromatic N) is 2. The van der Waals surface area contributed by atoms with Crippen molar-refractivity contribution < 1.29 is 4.52 Å². The molecule has 0 radical (unpaired) electrons. The highest BCUT2D eigenvalue weighted by molar-refractivity contribution is 5.20. The minimum atomic E-state index is 0.463. The fourth-order valence-electron chi connectivity index (χ4n) is 1.69. The summed E-state index contributed by atoms with van der Waals surface area (Å²) in [5.74, 6) is 0.680. The topological polar surface area (TPSA) is 63.0 Å². The first kappa shape index (κ1) is 9.45. The van der Waals surface area contributed by atoms with E-state index < -0.39 is 0 Å². The first-order chi connectivity index (χ1) is 6.84. The van der Waals surface area contributed by atoms with Crippen LogP contribution >= 0.6 is 0 Å². The Hall–Kier alpha value is -1.10. The maximum atomic E-state index is 5.02. The van der Waals surface area contributed by atoms with E-state index in [2.05, 4.69) is 20.8 Å². The van der Waals surface area contributed by atoms with Crippen LogP contribution in [0.25, 0.3) is 0 Å². The molecule has 5 heteroatoms. The summed E-state index contributed by atoms with van der Waals surface area (Å²) >= 11 is 0. The lowest BCUT2D eigenvalue weighted by Crippen LogP contribution is -2.21. The van der Waals surface area contributed by atoms with Gasteiger partial charge in [0.2, 0.25) is 0 Å². The van der Waals surface area contributed by atoms with Gasteiger partial charge in [-0.3, -0.25) is 0 Å². The Kier molecular flexibility index (Phi) is 2.98. The van der Waals surface area contributed by atoms with Crippen molar-refractivity contribution >= 4 is 6.01 Å². The third-order valence-corrected chi connectivity index (χ3v) is 2.43. The van der Waals surface area contributed by atoms with E-state index in [-0.39, 0.29) is 0 Å². The van der Waals surface area contributed by atoms with Crippen LogP contribution in [0.15, 0.2) is 4.52 Å². The lowest BCUT2D eigenvalue weighted by atomic mass is 10.1. The number of hydrogen-bond donors (Lipinski definition) is 2. The van der Waals surface area contributed by atoms with Crippen molar-refractivity contribution in [3.8, 4) is 0 Å². The van der Waals surface area contributed by atoms with Crippen LogP contribution < -0.4 is 10.6 Å². The Bertz CT molecular complexity index is 278. The van der Waals surface area contributed by atoms with E-state index in [1.807, 2.05) is 6.92 Å². The summed E-state index contributed by atoms with van der Waals surface area (Å²) in [5.41, 5.74) is 0. The van der Waals surface area contributed by atoms with Crippen molar-refractivity contribution in [3.63, 3.8) is 0 Å². The van der Waals surface area contributed by atoms with E-state index in [1.54, 1.807) is 0 Å². The third kappa shape index (κ3) is 2.45. The van der Waals surface area contributed by atoms with Gasteiger partial charge in [0.15, 0.2) is 5.82 Å². The predicted molar refractivity (Wildman–Crippen MR) is 53.2 cm³/mol. The number of nitrogens with one attached hydrogen (secondary N) is 2. The molecule has 2 heterocycles. The van der Waals surface area contributed by atoms with Gasteiger partial charge in [-0.15, -0.1) is 0 Å². The lowest BCUT2D eigenvalue weighted by molar-refractivity contribution is 0.418. The summed E-state index contributed by atoms with van der Waals surface area (Å²) in [5, 5.41) is 10.4. The van der Waals surface area contributed by atoms with Crippen LogP contribution in [0.1, 0.15) is 25.1 Å². The number of rotatable bonds is 2. The summed E-state index contributed by atoms with van der Waals surface area (Å²) in [6.45, 7) is 4.00. The molecule has 1 fully saturated rings. The highest BCUT2D eigenvalue weighted by Crippen LogP contribution is 2.12. The Morgan fingerprint density at radius 3 is 3.14 bits per heavy atom. The molecule has 2 rings (SSSR count). The average molecular weight is 196 g/mol. The van der Waals surface area contributed by atoms with Crippen molar-refractivity contribution in [1.29, 1.82) is 0 Å². The van der Waals surface area contributed by atoms with Crippen LogP contribution in [-0.4, -0.2) is 29.3 Å². The third-order valence-electron chi connectivity index (χ3n) is 2.43. The average Bonchev–Trinajstić information content (AvgIpc) is 2.43. The summed E-state index contributed by atoms with van der Waals surface area (Å²) in [7, 11) is 0. The standard InChI is InChI=1S/C9H16N4O/c1-7-11-9(14-13-7)12-8-3-2-5-10-6-4-8/h8,10H,2-6H2,1H3,(H,11,12,13). The van der Waals surface area contributed by atoms with E-state index >= 15 is 0 Å². The van der Waals surface area contributed by atoms with Crippen LogP contribution in [0.4, 0.5) is 6.01 Å². The minimum Gasteiger partial charge on any atom is -0.335 e. The van der Waals surface area contributed by atoms with Gasteiger partial charge in [-0.2, -0.15) is 4.98 Å². The molecule has 0 aliphatic carbocycles. The van der Waals surface area contributed by atoms with Crippen LogP contribution in [0.5, 0.6) is 0 Å². The van der Waals surface area contributed by atoms with Crippen molar-refractivity contribution in [3.05, 3.63) is 5.82 Å². The number of aromatic nitrogens is 2. The summed E-state index contributed by atoms with van der Waals surface area (Å²) in [4.78, 5) is 4.13. The van der Waals surface area contributed by atoms with Gasteiger partial charge in [0.05, 0.1) is 0 Å². The predicted octanol–water partition coefficient (Wildman–Crippen LogP) is 0.932. The van der Waals surface area contributed by atoms with Crippen LogP contribution in [0.3, 0.4) is 0 Å². The zero-order chi connectivity index (χ0) is 9.80. The SMILES string of the molecule is Cc1noc(NC2CCCNCC2)n1. The molecule has 1 aliphatic rings. The molecule has 1 aromatic rings. The molecule has 78 valence electrons. The van der Waals surface area contributed by atoms with Crippen molar-refractivity contribution in [1.82, 2.24) is 15.5 Å². The number of aryl methyl sites for hydroxylation is 1. The zero-order valence-electron chi connectivity index (χ0n) is 8.42. The fraction of sp³-hybridized carbons (Fsp3) is 0.778. The number of anilines is 1. The molecule has 2 N–H and O–H groups in total. The lowest BCUT2D eigenvalue weighted by Gasteiger charge is -2.12. The second-order valence-electron chi connectivity index (χ2n) is 3.67.